The number of anilines is 1. The minimum Gasteiger partial charge on any atom is -0.355 e. The van der Waals surface area contributed by atoms with E-state index < -0.39 is 5.82 Å². The molecule has 180 valence electrons. The average molecular weight is 501 g/mol. The lowest BCUT2D eigenvalue weighted by Crippen LogP contribution is -2.42. The van der Waals surface area contributed by atoms with E-state index in [1.165, 1.54) is 17.0 Å². The second kappa shape index (κ2) is 9.92. The normalized spacial score (nSPS) is 16.3. The zero-order chi connectivity index (χ0) is 24.5. The van der Waals surface area contributed by atoms with E-state index in [-0.39, 0.29) is 34.8 Å². The SMILES string of the molecule is CCCNC(=O)CN1C(=O)CS[C@H](c2cccs2)c2c(C(C)(C)C)nn(-c3cccc(F)c3)c21. The lowest BCUT2D eigenvalue weighted by Gasteiger charge is -2.24. The number of nitrogens with one attached hydrogen (secondary N) is 1. The first-order valence-electron chi connectivity index (χ1n) is 11.3. The monoisotopic (exact) mass is 500 g/mol. The van der Waals surface area contributed by atoms with Crippen molar-refractivity contribution in [3.8, 4) is 5.69 Å². The van der Waals surface area contributed by atoms with Gasteiger partial charge >= 0.3 is 0 Å². The van der Waals surface area contributed by atoms with Crippen molar-refractivity contribution < 1.29 is 14.0 Å². The van der Waals surface area contributed by atoms with Gasteiger partial charge in [0.1, 0.15) is 18.2 Å². The van der Waals surface area contributed by atoms with E-state index in [1.807, 2.05) is 18.4 Å². The van der Waals surface area contributed by atoms with Gasteiger partial charge < -0.3 is 5.32 Å². The Morgan fingerprint density at radius 2 is 2.06 bits per heavy atom. The number of rotatable bonds is 6. The average Bonchev–Trinajstić information content (AvgIpc) is 3.42. The van der Waals surface area contributed by atoms with Crippen LogP contribution in [0.25, 0.3) is 5.69 Å². The van der Waals surface area contributed by atoms with Crippen molar-refractivity contribution in [2.24, 2.45) is 0 Å². The molecule has 2 amide bonds. The maximum atomic E-state index is 14.2. The molecule has 0 unspecified atom stereocenters. The number of benzene rings is 1. The molecule has 1 aliphatic rings. The summed E-state index contributed by atoms with van der Waals surface area (Å²) in [5.74, 6) is -0.0311. The molecule has 3 aromatic rings. The lowest BCUT2D eigenvalue weighted by atomic mass is 9.88. The largest absolute Gasteiger partial charge is 0.355 e. The fourth-order valence-corrected chi connectivity index (χ4v) is 6.17. The van der Waals surface area contributed by atoms with Gasteiger partial charge in [0.25, 0.3) is 0 Å². The van der Waals surface area contributed by atoms with Gasteiger partial charge in [-0.2, -0.15) is 5.10 Å². The number of halogens is 1. The summed E-state index contributed by atoms with van der Waals surface area (Å²) in [6.07, 6.45) is 0.802. The molecule has 2 aromatic heterocycles. The fourth-order valence-electron chi connectivity index (χ4n) is 3.99. The van der Waals surface area contributed by atoms with Gasteiger partial charge in [-0.1, -0.05) is 39.8 Å². The first-order chi connectivity index (χ1) is 16.2. The summed E-state index contributed by atoms with van der Waals surface area (Å²) in [5.41, 5.74) is 1.89. The Morgan fingerprint density at radius 1 is 1.26 bits per heavy atom. The third-order valence-electron chi connectivity index (χ3n) is 5.53. The van der Waals surface area contributed by atoms with E-state index in [9.17, 15) is 14.0 Å². The molecule has 1 atom stereocenters. The fraction of sp³-hybridized carbons (Fsp3) is 0.400. The first-order valence-corrected chi connectivity index (χ1v) is 13.2. The highest BCUT2D eigenvalue weighted by Gasteiger charge is 2.40. The number of thioether (sulfide) groups is 1. The van der Waals surface area contributed by atoms with Crippen LogP contribution in [0.2, 0.25) is 0 Å². The van der Waals surface area contributed by atoms with Gasteiger partial charge in [-0.05, 0) is 36.1 Å². The third kappa shape index (κ3) is 4.90. The summed E-state index contributed by atoms with van der Waals surface area (Å²) in [6, 6.07) is 10.2. The summed E-state index contributed by atoms with van der Waals surface area (Å²) in [6.45, 7) is 8.63. The molecule has 1 aliphatic heterocycles. The van der Waals surface area contributed by atoms with Crippen LogP contribution in [-0.2, 0) is 15.0 Å². The van der Waals surface area contributed by atoms with Crippen LogP contribution in [0.1, 0.15) is 55.5 Å². The highest BCUT2D eigenvalue weighted by atomic mass is 32.2. The van der Waals surface area contributed by atoms with Crippen LogP contribution in [0, 0.1) is 5.82 Å². The minimum absolute atomic E-state index is 0.117. The van der Waals surface area contributed by atoms with Gasteiger partial charge in [-0.3, -0.25) is 14.5 Å². The molecule has 0 fully saturated rings. The number of nitrogens with zero attached hydrogens (tertiary/aromatic N) is 3. The van der Waals surface area contributed by atoms with Crippen LogP contribution in [0.5, 0.6) is 0 Å². The van der Waals surface area contributed by atoms with Gasteiger partial charge in [0.15, 0.2) is 0 Å². The number of thiophene rings is 1. The molecule has 0 bridgehead atoms. The van der Waals surface area contributed by atoms with Crippen molar-refractivity contribution in [2.75, 3.05) is 23.7 Å². The molecular weight excluding hydrogens is 471 g/mol. The molecule has 0 spiro atoms. The second-order valence-electron chi connectivity index (χ2n) is 9.26. The molecule has 0 aliphatic carbocycles. The predicted molar refractivity (Wildman–Crippen MR) is 136 cm³/mol. The van der Waals surface area contributed by atoms with Crippen molar-refractivity contribution in [1.29, 1.82) is 0 Å². The molecule has 1 aromatic carbocycles. The van der Waals surface area contributed by atoms with E-state index in [4.69, 9.17) is 5.10 Å². The molecule has 0 radical (unpaired) electrons. The zero-order valence-corrected chi connectivity index (χ0v) is 21.4. The smallest absolute Gasteiger partial charge is 0.240 e. The van der Waals surface area contributed by atoms with E-state index in [1.54, 1.807) is 39.9 Å². The Labute approximate surface area is 207 Å². The number of carbonyl (C=O) groups excluding carboxylic acids is 2. The van der Waals surface area contributed by atoms with Gasteiger partial charge in [-0.25, -0.2) is 9.07 Å². The van der Waals surface area contributed by atoms with Crippen molar-refractivity contribution in [2.45, 2.75) is 44.8 Å². The Kier molecular flexibility index (Phi) is 7.14. The van der Waals surface area contributed by atoms with Gasteiger partial charge in [0, 0.05) is 22.4 Å². The number of hydrogen-bond acceptors (Lipinski definition) is 5. The molecule has 6 nitrogen and oxygen atoms in total. The Bertz CT molecular complexity index is 1180. The topological polar surface area (TPSA) is 67.2 Å². The van der Waals surface area contributed by atoms with Gasteiger partial charge in [0.05, 0.1) is 22.4 Å². The Balaban J connectivity index is 1.98. The summed E-state index contributed by atoms with van der Waals surface area (Å²) in [7, 11) is 0. The number of hydrogen-bond donors (Lipinski definition) is 1. The molecule has 0 saturated heterocycles. The molecular formula is C25H29FN4O2S2. The Hall–Kier alpha value is -2.65. The van der Waals surface area contributed by atoms with E-state index >= 15 is 0 Å². The highest BCUT2D eigenvalue weighted by Crippen LogP contribution is 2.49. The summed E-state index contributed by atoms with van der Waals surface area (Å²) >= 11 is 3.17. The van der Waals surface area contributed by atoms with E-state index in [2.05, 4.69) is 32.2 Å². The lowest BCUT2D eigenvalue weighted by molar-refractivity contribution is -0.122. The number of aromatic nitrogens is 2. The van der Waals surface area contributed by atoms with Crippen molar-refractivity contribution >= 4 is 40.7 Å². The number of carbonyl (C=O) groups is 2. The van der Waals surface area contributed by atoms with E-state index in [0.717, 1.165) is 22.6 Å². The maximum Gasteiger partial charge on any atom is 0.240 e. The van der Waals surface area contributed by atoms with Crippen LogP contribution < -0.4 is 10.2 Å². The predicted octanol–water partition coefficient (Wildman–Crippen LogP) is 5.07. The summed E-state index contributed by atoms with van der Waals surface area (Å²) in [4.78, 5) is 28.8. The standard InChI is InChI=1S/C25H29FN4O2S2/c1-5-11-27-19(31)14-29-20(32)15-34-22(18-10-7-12-33-18)21-23(25(2,3)4)28-30(24(21)29)17-9-6-8-16(26)13-17/h6-10,12-13,22H,5,11,14-15H2,1-4H3,(H,27,31)/t22-/m1/s1. The number of amides is 2. The van der Waals surface area contributed by atoms with Gasteiger partial charge in [-0.15, -0.1) is 23.1 Å². The molecule has 9 heteroatoms. The molecule has 3 heterocycles. The highest BCUT2D eigenvalue weighted by molar-refractivity contribution is 8.00. The van der Waals surface area contributed by atoms with Crippen molar-refractivity contribution in [3.63, 3.8) is 0 Å². The molecule has 1 N–H and O–H groups in total. The second-order valence-corrected chi connectivity index (χ2v) is 11.3. The van der Waals surface area contributed by atoms with Crippen LogP contribution >= 0.6 is 23.1 Å². The number of fused-ring (bicyclic) bond motifs is 1. The summed E-state index contributed by atoms with van der Waals surface area (Å²) < 4.78 is 15.9. The molecule has 34 heavy (non-hydrogen) atoms. The van der Waals surface area contributed by atoms with Crippen molar-refractivity contribution in [1.82, 2.24) is 15.1 Å². The summed E-state index contributed by atoms with van der Waals surface area (Å²) in [5, 5.41) is 9.71. The van der Waals surface area contributed by atoms with Crippen LogP contribution in [0.15, 0.2) is 41.8 Å². The Morgan fingerprint density at radius 3 is 2.71 bits per heavy atom. The maximum absolute atomic E-state index is 14.2. The third-order valence-corrected chi connectivity index (χ3v) is 7.85. The minimum atomic E-state index is -0.393. The zero-order valence-electron chi connectivity index (χ0n) is 19.8. The van der Waals surface area contributed by atoms with Gasteiger partial charge in [0.2, 0.25) is 11.8 Å². The van der Waals surface area contributed by atoms with Crippen LogP contribution in [0.3, 0.4) is 0 Å². The van der Waals surface area contributed by atoms with Crippen LogP contribution in [0.4, 0.5) is 10.2 Å². The molecule has 0 saturated carbocycles. The van der Waals surface area contributed by atoms with Crippen molar-refractivity contribution in [3.05, 3.63) is 63.7 Å². The molecule has 4 rings (SSSR count). The van der Waals surface area contributed by atoms with E-state index in [0.29, 0.717) is 18.1 Å². The first kappa shape index (κ1) is 24.5. The quantitative estimate of drug-likeness (QED) is 0.513. The van der Waals surface area contributed by atoms with Crippen LogP contribution in [-0.4, -0.2) is 40.4 Å².